The summed E-state index contributed by atoms with van der Waals surface area (Å²) in [7, 11) is 0. The van der Waals surface area contributed by atoms with Gasteiger partial charge in [0.25, 0.3) is 0 Å². The van der Waals surface area contributed by atoms with Gasteiger partial charge in [-0.05, 0) is 36.6 Å². The highest BCUT2D eigenvalue weighted by Gasteiger charge is 2.35. The number of nitrogens with two attached hydrogens (primary N) is 1. The smallest absolute Gasteiger partial charge is 0.126 e. The van der Waals surface area contributed by atoms with Gasteiger partial charge < -0.3 is 20.3 Å². The monoisotopic (exact) mass is 317 g/mol. The molecule has 4 nitrogen and oxygen atoms in total. The number of hydrogen-bond donors (Lipinski definition) is 2. The van der Waals surface area contributed by atoms with Gasteiger partial charge in [0.2, 0.25) is 0 Å². The van der Waals surface area contributed by atoms with Gasteiger partial charge in [0.15, 0.2) is 0 Å². The Morgan fingerprint density at radius 1 is 1.00 bits per heavy atom. The van der Waals surface area contributed by atoms with Crippen LogP contribution in [0.4, 0.5) is 0 Å². The van der Waals surface area contributed by atoms with Crippen LogP contribution in [0.25, 0.3) is 10.8 Å². The highest BCUT2D eigenvalue weighted by Crippen LogP contribution is 2.20. The fourth-order valence-electron chi connectivity index (χ4n) is 2.62. The van der Waals surface area contributed by atoms with E-state index in [0.29, 0.717) is 19.6 Å². The van der Waals surface area contributed by atoms with Crippen LogP contribution < -0.4 is 5.73 Å². The summed E-state index contributed by atoms with van der Waals surface area (Å²) >= 11 is 0. The molecule has 0 amide bonds. The summed E-state index contributed by atoms with van der Waals surface area (Å²) in [6, 6.07) is 14.0. The minimum atomic E-state index is -1.18. The maximum absolute atomic E-state index is 10.8. The second-order valence-corrected chi connectivity index (χ2v) is 5.87. The average molecular weight is 317 g/mol. The summed E-state index contributed by atoms with van der Waals surface area (Å²) in [6.07, 6.45) is 0.571. The highest BCUT2D eigenvalue weighted by molar-refractivity contribution is 5.83. The Morgan fingerprint density at radius 3 is 2.22 bits per heavy atom. The molecule has 0 fully saturated rings. The van der Waals surface area contributed by atoms with E-state index in [0.717, 1.165) is 5.56 Å². The second kappa shape index (κ2) is 8.41. The van der Waals surface area contributed by atoms with Crippen molar-refractivity contribution in [1.82, 2.24) is 0 Å². The quantitative estimate of drug-likeness (QED) is 0.746. The van der Waals surface area contributed by atoms with Crippen molar-refractivity contribution in [3.63, 3.8) is 0 Å². The number of rotatable bonds is 9. The largest absolute Gasteiger partial charge is 0.383 e. The van der Waals surface area contributed by atoms with E-state index < -0.39 is 11.6 Å². The van der Waals surface area contributed by atoms with Gasteiger partial charge >= 0.3 is 0 Å². The van der Waals surface area contributed by atoms with Crippen LogP contribution in [0.2, 0.25) is 0 Å². The molecular formula is C19H27NO3. The molecule has 126 valence electrons. The summed E-state index contributed by atoms with van der Waals surface area (Å²) in [5.74, 6) is 0. The van der Waals surface area contributed by atoms with Crippen molar-refractivity contribution in [3.8, 4) is 0 Å². The van der Waals surface area contributed by atoms with Crippen molar-refractivity contribution >= 4 is 10.8 Å². The lowest BCUT2D eigenvalue weighted by atomic mass is 9.90. The molecule has 0 aromatic heterocycles. The molecule has 23 heavy (non-hydrogen) atoms. The Bertz CT molecular complexity index is 606. The summed E-state index contributed by atoms with van der Waals surface area (Å²) in [5.41, 5.74) is 6.22. The molecule has 0 saturated heterocycles. The fraction of sp³-hybridized carbons (Fsp3) is 0.474. The number of hydrogen-bond acceptors (Lipinski definition) is 4. The van der Waals surface area contributed by atoms with E-state index in [4.69, 9.17) is 15.2 Å². The summed E-state index contributed by atoms with van der Waals surface area (Å²) in [5, 5.41) is 13.2. The summed E-state index contributed by atoms with van der Waals surface area (Å²) in [6.45, 7) is 5.23. The van der Waals surface area contributed by atoms with Crippen molar-refractivity contribution in [1.29, 1.82) is 0 Å². The van der Waals surface area contributed by atoms with Gasteiger partial charge in [-0.15, -0.1) is 0 Å². The van der Waals surface area contributed by atoms with Crippen molar-refractivity contribution in [2.45, 2.75) is 31.9 Å². The molecule has 0 aliphatic heterocycles. The van der Waals surface area contributed by atoms with Gasteiger partial charge in [-0.3, -0.25) is 0 Å². The van der Waals surface area contributed by atoms with E-state index in [9.17, 15) is 5.11 Å². The average Bonchev–Trinajstić information content (AvgIpc) is 2.58. The Balaban J connectivity index is 2.13. The first-order valence-electron chi connectivity index (χ1n) is 8.20. The van der Waals surface area contributed by atoms with Gasteiger partial charge in [0.1, 0.15) is 5.60 Å². The van der Waals surface area contributed by atoms with Crippen LogP contribution >= 0.6 is 0 Å². The van der Waals surface area contributed by atoms with Crippen LogP contribution in [0.5, 0.6) is 0 Å². The van der Waals surface area contributed by atoms with Crippen LogP contribution in [0, 0.1) is 0 Å². The third-order valence-corrected chi connectivity index (χ3v) is 4.07. The molecule has 2 aromatic carbocycles. The predicted molar refractivity (Wildman–Crippen MR) is 93.6 cm³/mol. The van der Waals surface area contributed by atoms with Crippen molar-refractivity contribution in [2.24, 2.45) is 5.73 Å². The Morgan fingerprint density at radius 2 is 1.61 bits per heavy atom. The molecule has 0 radical (unpaired) electrons. The zero-order valence-corrected chi connectivity index (χ0v) is 14.0. The van der Waals surface area contributed by atoms with E-state index in [-0.39, 0.29) is 13.2 Å². The lowest BCUT2D eigenvalue weighted by Gasteiger charge is -2.33. The van der Waals surface area contributed by atoms with Crippen LogP contribution in [-0.4, -0.2) is 43.2 Å². The van der Waals surface area contributed by atoms with Crippen LogP contribution in [-0.2, 0) is 15.9 Å². The molecule has 0 spiro atoms. The van der Waals surface area contributed by atoms with E-state index >= 15 is 0 Å². The Kier molecular flexibility index (Phi) is 6.54. The molecule has 1 atom stereocenters. The number of aliphatic hydroxyl groups is 1. The van der Waals surface area contributed by atoms with Gasteiger partial charge in [-0.1, -0.05) is 42.5 Å². The van der Waals surface area contributed by atoms with Gasteiger partial charge in [0.05, 0.1) is 13.2 Å². The van der Waals surface area contributed by atoms with E-state index in [2.05, 4.69) is 30.3 Å². The molecule has 0 bridgehead atoms. The molecule has 1 unspecified atom stereocenters. The maximum atomic E-state index is 10.8. The first-order valence-corrected chi connectivity index (χ1v) is 8.20. The molecule has 4 heteroatoms. The normalized spacial score (nSPS) is 13.4. The molecule has 0 aliphatic carbocycles. The third kappa shape index (κ3) is 4.75. The molecule has 0 aliphatic rings. The highest BCUT2D eigenvalue weighted by atomic mass is 16.5. The lowest BCUT2D eigenvalue weighted by molar-refractivity contribution is -0.106. The van der Waals surface area contributed by atoms with E-state index in [1.165, 1.54) is 10.8 Å². The third-order valence-electron chi connectivity index (χ3n) is 4.07. The standard InChI is InChI=1S/C19H27NO3/c1-3-22-13-19(21,14-23-4-2)18(20)12-15-9-10-16-7-5-6-8-17(16)11-15/h5-11,18,21H,3-4,12-14,20H2,1-2H3. The van der Waals surface area contributed by atoms with Crippen LogP contribution in [0.1, 0.15) is 19.4 Å². The van der Waals surface area contributed by atoms with Gasteiger partial charge in [-0.25, -0.2) is 0 Å². The number of benzene rings is 2. The van der Waals surface area contributed by atoms with Crippen LogP contribution in [0.3, 0.4) is 0 Å². The van der Waals surface area contributed by atoms with E-state index in [1.807, 2.05) is 26.0 Å². The molecule has 3 N–H and O–H groups in total. The number of fused-ring (bicyclic) bond motifs is 1. The minimum absolute atomic E-state index is 0.179. The van der Waals surface area contributed by atoms with Crippen molar-refractivity contribution < 1.29 is 14.6 Å². The Hall–Kier alpha value is -1.46. The van der Waals surface area contributed by atoms with Gasteiger partial charge in [-0.2, -0.15) is 0 Å². The molecule has 2 aromatic rings. The SMILES string of the molecule is CCOCC(O)(COCC)C(N)Cc1ccc2ccccc2c1. The first-order chi connectivity index (χ1) is 11.1. The summed E-state index contributed by atoms with van der Waals surface area (Å²) < 4.78 is 10.8. The number of ether oxygens (including phenoxy) is 2. The predicted octanol–water partition coefficient (Wildman–Crippen LogP) is 2.51. The van der Waals surface area contributed by atoms with Crippen molar-refractivity contribution in [3.05, 3.63) is 48.0 Å². The fourth-order valence-corrected chi connectivity index (χ4v) is 2.62. The Labute approximate surface area is 138 Å². The van der Waals surface area contributed by atoms with E-state index in [1.54, 1.807) is 0 Å². The first kappa shape index (κ1) is 17.9. The lowest BCUT2D eigenvalue weighted by Crippen LogP contribution is -2.55. The zero-order chi connectivity index (χ0) is 16.7. The maximum Gasteiger partial charge on any atom is 0.126 e. The van der Waals surface area contributed by atoms with Crippen LogP contribution in [0.15, 0.2) is 42.5 Å². The van der Waals surface area contributed by atoms with Gasteiger partial charge in [0, 0.05) is 19.3 Å². The van der Waals surface area contributed by atoms with Crippen molar-refractivity contribution in [2.75, 3.05) is 26.4 Å². The summed E-state index contributed by atoms with van der Waals surface area (Å²) in [4.78, 5) is 0. The topological polar surface area (TPSA) is 64.7 Å². The zero-order valence-electron chi connectivity index (χ0n) is 14.0. The molecular weight excluding hydrogens is 290 g/mol. The molecule has 0 saturated carbocycles. The molecule has 0 heterocycles. The minimum Gasteiger partial charge on any atom is -0.383 e. The second-order valence-electron chi connectivity index (χ2n) is 5.87. The molecule has 2 rings (SSSR count).